The van der Waals surface area contributed by atoms with Gasteiger partial charge in [0.2, 0.25) is 5.91 Å². The van der Waals surface area contributed by atoms with E-state index in [1.807, 2.05) is 25.1 Å². The van der Waals surface area contributed by atoms with E-state index in [2.05, 4.69) is 21.7 Å². The van der Waals surface area contributed by atoms with E-state index >= 15 is 0 Å². The van der Waals surface area contributed by atoms with E-state index < -0.39 is 0 Å². The Morgan fingerprint density at radius 2 is 2.32 bits per heavy atom. The van der Waals surface area contributed by atoms with E-state index in [1.165, 1.54) is 4.88 Å². The molecule has 2 aromatic rings. The molecule has 1 aromatic heterocycles. The van der Waals surface area contributed by atoms with Crippen LogP contribution in [0, 0.1) is 6.92 Å². The van der Waals surface area contributed by atoms with Crippen molar-refractivity contribution < 1.29 is 9.53 Å². The summed E-state index contributed by atoms with van der Waals surface area (Å²) in [6.45, 7) is 4.67. The molecule has 1 atom stereocenters. The highest BCUT2D eigenvalue weighted by atomic mass is 35.5. The van der Waals surface area contributed by atoms with Crippen molar-refractivity contribution in [3.63, 3.8) is 0 Å². The summed E-state index contributed by atoms with van der Waals surface area (Å²) in [5.41, 5.74) is 1.77. The van der Waals surface area contributed by atoms with Gasteiger partial charge in [-0.15, -0.1) is 11.3 Å². The highest BCUT2D eigenvalue weighted by Crippen LogP contribution is 2.20. The maximum atomic E-state index is 12.5. The Hall–Kier alpha value is -1.40. The number of nitrogens with zero attached hydrogens (tertiary/aromatic N) is 1. The molecule has 0 aliphatic carbocycles. The van der Waals surface area contributed by atoms with Gasteiger partial charge in [-0.2, -0.15) is 0 Å². The van der Waals surface area contributed by atoms with Crippen LogP contribution in [0.15, 0.2) is 35.7 Å². The van der Waals surface area contributed by atoms with Crippen molar-refractivity contribution in [1.82, 2.24) is 4.90 Å². The Morgan fingerprint density at radius 1 is 1.44 bits per heavy atom. The maximum Gasteiger partial charge on any atom is 0.238 e. The summed E-state index contributed by atoms with van der Waals surface area (Å²) >= 11 is 7.69. The van der Waals surface area contributed by atoms with Crippen LogP contribution in [0.2, 0.25) is 5.02 Å². The summed E-state index contributed by atoms with van der Waals surface area (Å²) in [7, 11) is 0. The minimum atomic E-state index is -0.0139. The zero-order chi connectivity index (χ0) is 17.6. The Morgan fingerprint density at radius 3 is 3.00 bits per heavy atom. The number of aryl methyl sites for hydroxylation is 1. The molecule has 1 amide bonds. The molecule has 1 fully saturated rings. The number of ether oxygens (including phenoxy) is 1. The number of carbonyl (C=O) groups is 1. The largest absolute Gasteiger partial charge is 0.377 e. The Balaban J connectivity index is 1.62. The Labute approximate surface area is 157 Å². The van der Waals surface area contributed by atoms with Crippen LogP contribution in [-0.4, -0.2) is 36.6 Å². The van der Waals surface area contributed by atoms with Gasteiger partial charge in [0.05, 0.1) is 12.6 Å². The average molecular weight is 379 g/mol. The molecule has 134 valence electrons. The van der Waals surface area contributed by atoms with E-state index in [0.29, 0.717) is 11.6 Å². The van der Waals surface area contributed by atoms with E-state index in [-0.39, 0.29) is 12.0 Å². The van der Waals surface area contributed by atoms with Crippen LogP contribution in [0.3, 0.4) is 0 Å². The van der Waals surface area contributed by atoms with Gasteiger partial charge >= 0.3 is 0 Å². The summed E-state index contributed by atoms with van der Waals surface area (Å²) in [6.07, 6.45) is 2.40. The average Bonchev–Trinajstić information content (AvgIpc) is 3.24. The fraction of sp³-hybridized carbons (Fsp3) is 0.421. The van der Waals surface area contributed by atoms with Crippen LogP contribution < -0.4 is 5.32 Å². The normalized spacial score (nSPS) is 17.2. The van der Waals surface area contributed by atoms with Gasteiger partial charge in [-0.1, -0.05) is 17.7 Å². The van der Waals surface area contributed by atoms with Crippen molar-refractivity contribution in [1.29, 1.82) is 0 Å². The Bertz CT molecular complexity index is 699. The van der Waals surface area contributed by atoms with E-state index in [4.69, 9.17) is 16.3 Å². The molecule has 1 saturated heterocycles. The highest BCUT2D eigenvalue weighted by Gasteiger charge is 2.21. The molecule has 0 spiro atoms. The van der Waals surface area contributed by atoms with Crippen LogP contribution in [-0.2, 0) is 16.1 Å². The van der Waals surface area contributed by atoms with Gasteiger partial charge in [-0.25, -0.2) is 0 Å². The molecule has 0 unspecified atom stereocenters. The molecule has 0 radical (unpaired) electrons. The first-order chi connectivity index (χ1) is 12.1. The molecule has 4 nitrogen and oxygen atoms in total. The first-order valence-corrected chi connectivity index (χ1v) is 9.78. The number of hydrogen-bond donors (Lipinski definition) is 1. The molecule has 1 aliphatic heterocycles. The fourth-order valence-corrected chi connectivity index (χ4v) is 4.02. The second-order valence-corrected chi connectivity index (χ2v) is 7.86. The third-order valence-corrected chi connectivity index (χ3v) is 5.37. The standard InChI is InChI=1S/C19H23ClN2O2S/c1-14-10-15(20)6-7-18(14)21-19(23)13-22(11-16-4-2-8-24-16)12-17-5-3-9-25-17/h3,5-7,9-10,16H,2,4,8,11-13H2,1H3,(H,21,23)/t16-/m0/s1. The van der Waals surface area contributed by atoms with Crippen molar-refractivity contribution in [3.05, 3.63) is 51.2 Å². The third-order valence-electron chi connectivity index (χ3n) is 4.28. The molecule has 25 heavy (non-hydrogen) atoms. The molecule has 0 saturated carbocycles. The number of rotatable bonds is 7. The van der Waals surface area contributed by atoms with Crippen molar-refractivity contribution >= 4 is 34.5 Å². The van der Waals surface area contributed by atoms with E-state index in [1.54, 1.807) is 17.4 Å². The molecular weight excluding hydrogens is 356 g/mol. The van der Waals surface area contributed by atoms with Crippen molar-refractivity contribution in [2.45, 2.75) is 32.4 Å². The van der Waals surface area contributed by atoms with Crippen LogP contribution in [0.1, 0.15) is 23.3 Å². The lowest BCUT2D eigenvalue weighted by molar-refractivity contribution is -0.117. The van der Waals surface area contributed by atoms with Crippen molar-refractivity contribution in [2.24, 2.45) is 0 Å². The van der Waals surface area contributed by atoms with Crippen LogP contribution in [0.5, 0.6) is 0 Å². The maximum absolute atomic E-state index is 12.5. The first kappa shape index (κ1) is 18.4. The first-order valence-electron chi connectivity index (χ1n) is 8.52. The molecule has 3 rings (SSSR count). The van der Waals surface area contributed by atoms with Gasteiger partial charge in [0.1, 0.15) is 0 Å². The lowest BCUT2D eigenvalue weighted by atomic mass is 10.2. The number of hydrogen-bond acceptors (Lipinski definition) is 4. The predicted octanol–water partition coefficient (Wildman–Crippen LogP) is 4.33. The fourth-order valence-electron chi connectivity index (χ4n) is 3.04. The number of nitrogens with one attached hydrogen (secondary N) is 1. The molecule has 0 bridgehead atoms. The Kier molecular flexibility index (Phi) is 6.48. The summed E-state index contributed by atoms with van der Waals surface area (Å²) < 4.78 is 5.75. The summed E-state index contributed by atoms with van der Waals surface area (Å²) in [5.74, 6) is -0.0139. The number of anilines is 1. The van der Waals surface area contributed by atoms with Gasteiger partial charge in [-0.3, -0.25) is 9.69 Å². The van der Waals surface area contributed by atoms with Gasteiger partial charge in [0.15, 0.2) is 0 Å². The van der Waals surface area contributed by atoms with Crippen LogP contribution in [0.4, 0.5) is 5.69 Å². The SMILES string of the molecule is Cc1cc(Cl)ccc1NC(=O)CN(Cc1cccs1)C[C@@H]1CCCO1. The molecule has 1 N–H and O–H groups in total. The molecule has 6 heteroatoms. The smallest absolute Gasteiger partial charge is 0.238 e. The highest BCUT2D eigenvalue weighted by molar-refractivity contribution is 7.09. The third kappa shape index (κ3) is 5.54. The number of carbonyl (C=O) groups excluding carboxylic acids is 1. The minimum absolute atomic E-state index is 0.0139. The van der Waals surface area contributed by atoms with Crippen molar-refractivity contribution in [2.75, 3.05) is 25.0 Å². The molecule has 1 aliphatic rings. The van der Waals surface area contributed by atoms with E-state index in [9.17, 15) is 4.79 Å². The number of thiophene rings is 1. The van der Waals surface area contributed by atoms with E-state index in [0.717, 1.165) is 43.8 Å². The second kappa shape index (κ2) is 8.81. The van der Waals surface area contributed by atoms with Gasteiger partial charge in [0, 0.05) is 35.3 Å². The summed E-state index contributed by atoms with van der Waals surface area (Å²) in [4.78, 5) is 16.0. The molecule has 1 aromatic carbocycles. The number of halogens is 1. The summed E-state index contributed by atoms with van der Waals surface area (Å²) in [5, 5.41) is 5.74. The monoisotopic (exact) mass is 378 g/mol. The molecular formula is C19H23ClN2O2S. The quantitative estimate of drug-likeness (QED) is 0.779. The predicted molar refractivity (Wildman–Crippen MR) is 103 cm³/mol. The van der Waals surface area contributed by atoms with Gasteiger partial charge in [0.25, 0.3) is 0 Å². The van der Waals surface area contributed by atoms with Gasteiger partial charge < -0.3 is 10.1 Å². The zero-order valence-corrected chi connectivity index (χ0v) is 15.9. The topological polar surface area (TPSA) is 41.6 Å². The minimum Gasteiger partial charge on any atom is -0.377 e. The lowest BCUT2D eigenvalue weighted by Gasteiger charge is -2.24. The molecule has 2 heterocycles. The summed E-state index contributed by atoms with van der Waals surface area (Å²) in [6, 6.07) is 9.64. The van der Waals surface area contributed by atoms with Crippen LogP contribution in [0.25, 0.3) is 0 Å². The zero-order valence-electron chi connectivity index (χ0n) is 14.3. The van der Waals surface area contributed by atoms with Crippen molar-refractivity contribution in [3.8, 4) is 0 Å². The lowest BCUT2D eigenvalue weighted by Crippen LogP contribution is -2.37. The second-order valence-electron chi connectivity index (χ2n) is 6.39. The van der Waals surface area contributed by atoms with Crippen LogP contribution >= 0.6 is 22.9 Å². The number of benzene rings is 1. The van der Waals surface area contributed by atoms with Gasteiger partial charge in [-0.05, 0) is 55.0 Å². The number of amides is 1.